The van der Waals surface area contributed by atoms with Gasteiger partial charge in [-0.15, -0.1) is 0 Å². The van der Waals surface area contributed by atoms with Crippen LogP contribution in [-0.4, -0.2) is 9.13 Å². The lowest BCUT2D eigenvalue weighted by Gasteiger charge is -2.19. The molecule has 8 rings (SSSR count). The van der Waals surface area contributed by atoms with E-state index in [1.807, 2.05) is 0 Å². The molecule has 0 unspecified atom stereocenters. The third-order valence-electron chi connectivity index (χ3n) is 7.79. The molecule has 0 amide bonds. The van der Waals surface area contributed by atoms with Gasteiger partial charge in [0.05, 0.1) is 33.4 Å². The van der Waals surface area contributed by atoms with Crippen LogP contribution in [0.5, 0.6) is 0 Å². The lowest BCUT2D eigenvalue weighted by Crippen LogP contribution is -2.04. The van der Waals surface area contributed by atoms with Gasteiger partial charge in [-0.3, -0.25) is 0 Å². The van der Waals surface area contributed by atoms with Crippen LogP contribution in [0.1, 0.15) is 0 Å². The lowest BCUT2D eigenvalue weighted by atomic mass is 10.0. The molecule has 0 aliphatic heterocycles. The van der Waals surface area contributed by atoms with Crippen LogP contribution in [0.4, 0.5) is 0 Å². The predicted molar refractivity (Wildman–Crippen MR) is 168 cm³/mol. The standard InChI is InChI=1S/C36H23BrN2/c37-30-23-36(39-33-20-10-6-16-27(33)28-17-7-11-21-34(28)39)35(22-29(30)24-12-2-1-3-13-24)38-31-18-8-4-14-25(31)26-15-5-9-19-32(26)38/h1-23H. The number of fused-ring (bicyclic) bond motifs is 6. The normalized spacial score (nSPS) is 11.7. The molecule has 2 nitrogen and oxygen atoms in total. The summed E-state index contributed by atoms with van der Waals surface area (Å²) in [4.78, 5) is 0. The van der Waals surface area contributed by atoms with Crippen molar-refractivity contribution in [2.24, 2.45) is 0 Å². The minimum atomic E-state index is 1.06. The first-order valence-corrected chi connectivity index (χ1v) is 13.9. The molecule has 8 aromatic rings. The maximum atomic E-state index is 3.97. The second kappa shape index (κ2) is 8.72. The van der Waals surface area contributed by atoms with E-state index in [0.717, 1.165) is 21.4 Å². The van der Waals surface area contributed by atoms with E-state index >= 15 is 0 Å². The lowest BCUT2D eigenvalue weighted by molar-refractivity contribution is 1.09. The Labute approximate surface area is 234 Å². The van der Waals surface area contributed by atoms with Gasteiger partial charge in [0, 0.05) is 26.0 Å². The number of hydrogen-bond acceptors (Lipinski definition) is 0. The topological polar surface area (TPSA) is 9.86 Å². The molecule has 0 N–H and O–H groups in total. The number of halogens is 1. The number of benzene rings is 6. The highest BCUT2D eigenvalue weighted by atomic mass is 79.9. The molecule has 0 fully saturated rings. The fraction of sp³-hybridized carbons (Fsp3) is 0. The zero-order valence-electron chi connectivity index (χ0n) is 21.1. The van der Waals surface area contributed by atoms with E-state index in [9.17, 15) is 0 Å². The Kier molecular flexibility index (Phi) is 5.01. The van der Waals surface area contributed by atoms with E-state index in [1.165, 1.54) is 49.2 Å². The van der Waals surface area contributed by atoms with Crippen molar-refractivity contribution >= 4 is 59.5 Å². The monoisotopic (exact) mass is 562 g/mol. The van der Waals surface area contributed by atoms with E-state index in [-0.39, 0.29) is 0 Å². The molecular weight excluding hydrogens is 540 g/mol. The first-order chi connectivity index (χ1) is 19.3. The minimum absolute atomic E-state index is 1.06. The van der Waals surface area contributed by atoms with Crippen LogP contribution >= 0.6 is 15.9 Å². The van der Waals surface area contributed by atoms with Gasteiger partial charge in [-0.1, -0.05) is 119 Å². The third-order valence-corrected chi connectivity index (χ3v) is 8.45. The average Bonchev–Trinajstić information content (AvgIpc) is 3.51. The third kappa shape index (κ3) is 3.33. The Bertz CT molecular complexity index is 2080. The molecule has 184 valence electrons. The zero-order valence-corrected chi connectivity index (χ0v) is 22.6. The van der Waals surface area contributed by atoms with Crippen LogP contribution < -0.4 is 0 Å². The Hall–Kier alpha value is -4.60. The molecule has 0 saturated carbocycles. The first kappa shape index (κ1) is 22.4. The average molecular weight is 563 g/mol. The van der Waals surface area contributed by atoms with Crippen molar-refractivity contribution in [3.05, 3.63) is 144 Å². The smallest absolute Gasteiger partial charge is 0.0714 e. The Morgan fingerprint density at radius 1 is 0.385 bits per heavy atom. The molecule has 0 spiro atoms. The maximum Gasteiger partial charge on any atom is 0.0714 e. The van der Waals surface area contributed by atoms with Crippen LogP contribution in [0.3, 0.4) is 0 Å². The second-order valence-electron chi connectivity index (χ2n) is 9.93. The number of nitrogens with zero attached hydrogens (tertiary/aromatic N) is 2. The number of para-hydroxylation sites is 4. The molecule has 2 heterocycles. The van der Waals surface area contributed by atoms with E-state index < -0.39 is 0 Å². The number of aromatic nitrogens is 2. The molecule has 0 aliphatic carbocycles. The summed E-state index contributed by atoms with van der Waals surface area (Å²) in [5.74, 6) is 0. The van der Waals surface area contributed by atoms with Crippen molar-refractivity contribution in [1.82, 2.24) is 9.13 Å². The molecule has 6 aromatic carbocycles. The van der Waals surface area contributed by atoms with Gasteiger partial charge in [0.25, 0.3) is 0 Å². The maximum absolute atomic E-state index is 3.97. The van der Waals surface area contributed by atoms with Gasteiger partial charge in [0.15, 0.2) is 0 Å². The van der Waals surface area contributed by atoms with Crippen molar-refractivity contribution in [3.63, 3.8) is 0 Å². The highest BCUT2D eigenvalue weighted by Crippen LogP contribution is 2.41. The summed E-state index contributed by atoms with van der Waals surface area (Å²) < 4.78 is 5.92. The fourth-order valence-corrected chi connectivity index (χ4v) is 6.67. The van der Waals surface area contributed by atoms with E-state index in [4.69, 9.17) is 0 Å². The van der Waals surface area contributed by atoms with Crippen molar-refractivity contribution in [1.29, 1.82) is 0 Å². The molecule has 3 heteroatoms. The van der Waals surface area contributed by atoms with Crippen LogP contribution in [0, 0.1) is 0 Å². The Morgan fingerprint density at radius 3 is 1.18 bits per heavy atom. The molecular formula is C36H23BrN2. The van der Waals surface area contributed by atoms with E-state index in [0.29, 0.717) is 0 Å². The summed E-state index contributed by atoms with van der Waals surface area (Å²) >= 11 is 3.97. The highest BCUT2D eigenvalue weighted by molar-refractivity contribution is 9.10. The van der Waals surface area contributed by atoms with Crippen LogP contribution in [0.2, 0.25) is 0 Å². The number of hydrogen-bond donors (Lipinski definition) is 0. The van der Waals surface area contributed by atoms with Crippen molar-refractivity contribution in [3.8, 4) is 22.5 Å². The van der Waals surface area contributed by atoms with Crippen LogP contribution in [-0.2, 0) is 0 Å². The van der Waals surface area contributed by atoms with Gasteiger partial charge >= 0.3 is 0 Å². The number of rotatable bonds is 3. The highest BCUT2D eigenvalue weighted by Gasteiger charge is 2.21. The Morgan fingerprint density at radius 2 is 0.744 bits per heavy atom. The summed E-state index contributed by atoms with van der Waals surface area (Å²) in [5.41, 5.74) is 9.40. The van der Waals surface area contributed by atoms with E-state index in [1.54, 1.807) is 0 Å². The molecule has 39 heavy (non-hydrogen) atoms. The molecule has 0 aliphatic rings. The predicted octanol–water partition coefficient (Wildman–Crippen LogP) is 10.3. The summed E-state index contributed by atoms with van der Waals surface area (Å²) in [6.45, 7) is 0. The van der Waals surface area contributed by atoms with Gasteiger partial charge in [0.2, 0.25) is 0 Å². The quantitative estimate of drug-likeness (QED) is 0.202. The summed E-state index contributed by atoms with van der Waals surface area (Å²) in [6.07, 6.45) is 0. The summed E-state index contributed by atoms with van der Waals surface area (Å²) in [7, 11) is 0. The van der Waals surface area contributed by atoms with E-state index in [2.05, 4.69) is 165 Å². The van der Waals surface area contributed by atoms with Crippen molar-refractivity contribution in [2.75, 3.05) is 0 Å². The fourth-order valence-electron chi connectivity index (χ4n) is 6.11. The summed E-state index contributed by atoms with van der Waals surface area (Å²) in [6, 6.07) is 50.1. The second-order valence-corrected chi connectivity index (χ2v) is 10.8. The van der Waals surface area contributed by atoms with Gasteiger partial charge in [0.1, 0.15) is 0 Å². The van der Waals surface area contributed by atoms with Crippen LogP contribution in [0.25, 0.3) is 66.1 Å². The first-order valence-electron chi connectivity index (χ1n) is 13.2. The Balaban J connectivity index is 1.57. The van der Waals surface area contributed by atoms with Gasteiger partial charge in [-0.05, 0) is 47.5 Å². The zero-order chi connectivity index (χ0) is 25.9. The largest absolute Gasteiger partial charge is 0.307 e. The minimum Gasteiger partial charge on any atom is -0.307 e. The molecule has 2 aromatic heterocycles. The summed E-state index contributed by atoms with van der Waals surface area (Å²) in [5, 5.41) is 5.02. The molecule has 0 saturated heterocycles. The molecule has 0 atom stereocenters. The van der Waals surface area contributed by atoms with Crippen molar-refractivity contribution < 1.29 is 0 Å². The van der Waals surface area contributed by atoms with Crippen LogP contribution in [0.15, 0.2) is 144 Å². The van der Waals surface area contributed by atoms with Gasteiger partial charge < -0.3 is 9.13 Å². The molecule has 0 bridgehead atoms. The SMILES string of the molecule is Brc1cc(-n2c3ccccc3c3ccccc32)c(-n2c3ccccc3c3ccccc32)cc1-c1ccccc1. The van der Waals surface area contributed by atoms with Crippen molar-refractivity contribution in [2.45, 2.75) is 0 Å². The molecule has 0 radical (unpaired) electrons. The van der Waals surface area contributed by atoms with Gasteiger partial charge in [-0.25, -0.2) is 0 Å². The van der Waals surface area contributed by atoms with Gasteiger partial charge in [-0.2, -0.15) is 0 Å².